The second-order valence-corrected chi connectivity index (χ2v) is 7.42. The van der Waals surface area contributed by atoms with E-state index in [1.165, 1.54) is 0 Å². The highest BCUT2D eigenvalue weighted by atomic mass is 16.5. The fourth-order valence-corrected chi connectivity index (χ4v) is 4.45. The van der Waals surface area contributed by atoms with Crippen LogP contribution in [0.15, 0.2) is 22.7 Å². The van der Waals surface area contributed by atoms with Crippen LogP contribution in [0.2, 0.25) is 0 Å². The average molecular weight is 357 g/mol. The number of aromatic nitrogens is 2. The molecule has 1 aliphatic carbocycles. The summed E-state index contributed by atoms with van der Waals surface area (Å²) in [7, 11) is 1.64. The van der Waals surface area contributed by atoms with Crippen LogP contribution in [0.3, 0.4) is 0 Å². The number of benzene rings is 1. The lowest BCUT2D eigenvalue weighted by atomic mass is 9.81. The molecule has 0 amide bonds. The summed E-state index contributed by atoms with van der Waals surface area (Å²) in [6, 6.07) is 5.79. The lowest BCUT2D eigenvalue weighted by Crippen LogP contribution is -2.35. The van der Waals surface area contributed by atoms with Crippen molar-refractivity contribution in [3.8, 4) is 17.1 Å². The third-order valence-corrected chi connectivity index (χ3v) is 5.86. The molecule has 2 fully saturated rings. The zero-order valence-corrected chi connectivity index (χ0v) is 15.1. The lowest BCUT2D eigenvalue weighted by molar-refractivity contribution is -0.149. The highest BCUT2D eigenvalue weighted by molar-refractivity contribution is 5.76. The molecule has 26 heavy (non-hydrogen) atoms. The Kier molecular flexibility index (Phi) is 4.19. The van der Waals surface area contributed by atoms with Crippen LogP contribution in [0.4, 0.5) is 0 Å². The molecular weight excluding hydrogens is 334 g/mol. The van der Waals surface area contributed by atoms with Gasteiger partial charge >= 0.3 is 5.97 Å². The maximum absolute atomic E-state index is 11.8. The number of rotatable bonds is 5. The zero-order chi connectivity index (χ0) is 18.3. The Morgan fingerprint density at radius 2 is 2.35 bits per heavy atom. The van der Waals surface area contributed by atoms with E-state index in [-0.39, 0.29) is 5.92 Å². The van der Waals surface area contributed by atoms with E-state index in [0.717, 1.165) is 42.7 Å². The van der Waals surface area contributed by atoms with E-state index in [2.05, 4.69) is 15.0 Å². The molecular formula is C19H23N3O4. The summed E-state index contributed by atoms with van der Waals surface area (Å²) in [6.07, 6.45) is 2.76. The Labute approximate surface area is 152 Å². The molecule has 7 heteroatoms. The molecule has 1 saturated carbocycles. The molecule has 1 aliphatic heterocycles. The number of nitrogens with zero attached hydrogens (tertiary/aromatic N) is 3. The van der Waals surface area contributed by atoms with Gasteiger partial charge in [0.05, 0.1) is 19.1 Å². The lowest BCUT2D eigenvalue weighted by Gasteiger charge is -2.23. The molecule has 0 spiro atoms. The van der Waals surface area contributed by atoms with Gasteiger partial charge in [-0.1, -0.05) is 23.7 Å². The predicted molar refractivity (Wildman–Crippen MR) is 93.7 cm³/mol. The minimum absolute atomic E-state index is 0.226. The summed E-state index contributed by atoms with van der Waals surface area (Å²) >= 11 is 0. The van der Waals surface area contributed by atoms with Gasteiger partial charge in [-0.2, -0.15) is 4.98 Å². The largest absolute Gasteiger partial charge is 0.496 e. The number of methoxy groups -OCH3 is 1. The number of carbonyl (C=O) groups is 1. The molecule has 1 N–H and O–H groups in total. The molecule has 138 valence electrons. The maximum Gasteiger partial charge on any atom is 0.311 e. The summed E-state index contributed by atoms with van der Waals surface area (Å²) in [5.41, 5.74) is 1.29. The number of carboxylic acid groups (broad SMARTS) is 1. The van der Waals surface area contributed by atoms with Gasteiger partial charge in [0, 0.05) is 18.7 Å². The predicted octanol–water partition coefficient (Wildman–Crippen LogP) is 2.74. The molecule has 2 heterocycles. The molecule has 1 aromatic carbocycles. The molecule has 0 bridgehead atoms. The van der Waals surface area contributed by atoms with Crippen molar-refractivity contribution in [2.45, 2.75) is 32.7 Å². The number of aliphatic carboxylic acids is 1. The second kappa shape index (κ2) is 6.39. The number of hydrogen-bond donors (Lipinski definition) is 1. The van der Waals surface area contributed by atoms with Crippen molar-refractivity contribution < 1.29 is 19.2 Å². The van der Waals surface area contributed by atoms with Crippen molar-refractivity contribution in [2.24, 2.45) is 11.3 Å². The highest BCUT2D eigenvalue weighted by Gasteiger charge is 2.54. The van der Waals surface area contributed by atoms with E-state index in [4.69, 9.17) is 9.26 Å². The molecule has 1 saturated heterocycles. The van der Waals surface area contributed by atoms with Gasteiger partial charge in [-0.05, 0) is 37.3 Å². The smallest absolute Gasteiger partial charge is 0.311 e. The van der Waals surface area contributed by atoms with Crippen LogP contribution in [-0.4, -0.2) is 46.3 Å². The van der Waals surface area contributed by atoms with Crippen molar-refractivity contribution in [3.05, 3.63) is 29.7 Å². The molecule has 0 unspecified atom stereocenters. The van der Waals surface area contributed by atoms with Gasteiger partial charge in [0.2, 0.25) is 11.7 Å². The standard InChI is InChI=1S/C19H23N3O4/c1-12-5-6-13(8-15(12)25-2)17-20-16(26-21-17)10-22-9-14-4-3-7-19(14,11-22)18(23)24/h5-6,8,14H,3-4,7,9-11H2,1-2H3,(H,23,24)/t14-,19+/m0/s1. The number of carboxylic acids is 1. The van der Waals surface area contributed by atoms with Crippen molar-refractivity contribution in [2.75, 3.05) is 20.2 Å². The van der Waals surface area contributed by atoms with Crippen molar-refractivity contribution in [3.63, 3.8) is 0 Å². The third kappa shape index (κ3) is 2.76. The summed E-state index contributed by atoms with van der Waals surface area (Å²) in [4.78, 5) is 18.4. The Bertz CT molecular complexity index is 834. The minimum atomic E-state index is -0.666. The monoisotopic (exact) mass is 357 g/mol. The maximum atomic E-state index is 11.8. The first-order valence-corrected chi connectivity index (χ1v) is 8.95. The van der Waals surface area contributed by atoms with Gasteiger partial charge < -0.3 is 14.4 Å². The van der Waals surface area contributed by atoms with E-state index in [9.17, 15) is 9.90 Å². The summed E-state index contributed by atoms with van der Waals surface area (Å²) in [5, 5.41) is 13.8. The Balaban J connectivity index is 1.49. The van der Waals surface area contributed by atoms with Crippen LogP contribution < -0.4 is 4.74 Å². The van der Waals surface area contributed by atoms with Gasteiger partial charge in [-0.3, -0.25) is 9.69 Å². The third-order valence-electron chi connectivity index (χ3n) is 5.86. The molecule has 4 rings (SSSR count). The zero-order valence-electron chi connectivity index (χ0n) is 15.1. The van der Waals surface area contributed by atoms with Gasteiger partial charge in [-0.25, -0.2) is 0 Å². The fourth-order valence-electron chi connectivity index (χ4n) is 4.45. The number of ether oxygens (including phenoxy) is 1. The quantitative estimate of drug-likeness (QED) is 0.880. The van der Waals surface area contributed by atoms with Crippen molar-refractivity contribution in [1.29, 1.82) is 0 Å². The number of fused-ring (bicyclic) bond motifs is 1. The van der Waals surface area contributed by atoms with Crippen LogP contribution in [0.1, 0.15) is 30.7 Å². The summed E-state index contributed by atoms with van der Waals surface area (Å²) in [6.45, 7) is 3.81. The van der Waals surface area contributed by atoms with Gasteiger partial charge in [-0.15, -0.1) is 0 Å². The van der Waals surface area contributed by atoms with Gasteiger partial charge in [0.25, 0.3) is 0 Å². The first-order chi connectivity index (χ1) is 12.5. The molecule has 0 radical (unpaired) electrons. The van der Waals surface area contributed by atoms with Crippen LogP contribution in [0, 0.1) is 18.3 Å². The fraction of sp³-hybridized carbons (Fsp3) is 0.526. The van der Waals surface area contributed by atoms with Gasteiger partial charge in [0.15, 0.2) is 0 Å². The summed E-state index contributed by atoms with van der Waals surface area (Å²) < 4.78 is 10.8. The summed E-state index contributed by atoms with van der Waals surface area (Å²) in [5.74, 6) is 1.37. The molecule has 7 nitrogen and oxygen atoms in total. The van der Waals surface area contributed by atoms with E-state index in [1.54, 1.807) is 7.11 Å². The van der Waals surface area contributed by atoms with Crippen molar-refractivity contribution >= 4 is 5.97 Å². The highest BCUT2D eigenvalue weighted by Crippen LogP contribution is 2.49. The van der Waals surface area contributed by atoms with E-state index >= 15 is 0 Å². The first kappa shape index (κ1) is 17.0. The molecule has 2 aliphatic rings. The minimum Gasteiger partial charge on any atom is -0.496 e. The number of likely N-dealkylation sites (tertiary alicyclic amines) is 1. The number of aryl methyl sites for hydroxylation is 1. The van der Waals surface area contributed by atoms with E-state index < -0.39 is 11.4 Å². The van der Waals surface area contributed by atoms with Crippen LogP contribution in [0.25, 0.3) is 11.4 Å². The first-order valence-electron chi connectivity index (χ1n) is 8.95. The van der Waals surface area contributed by atoms with Crippen molar-refractivity contribution in [1.82, 2.24) is 15.0 Å². The van der Waals surface area contributed by atoms with Crippen LogP contribution >= 0.6 is 0 Å². The molecule has 1 aromatic heterocycles. The van der Waals surface area contributed by atoms with Gasteiger partial charge in [0.1, 0.15) is 5.75 Å². The molecule has 2 atom stereocenters. The SMILES string of the molecule is COc1cc(-c2noc(CN3C[C@@H]4CCC[C@@]4(C(=O)O)C3)n2)ccc1C. The van der Waals surface area contributed by atoms with Crippen LogP contribution in [-0.2, 0) is 11.3 Å². The topological polar surface area (TPSA) is 88.7 Å². The second-order valence-electron chi connectivity index (χ2n) is 7.42. The average Bonchev–Trinajstić information content (AvgIpc) is 3.30. The Morgan fingerprint density at radius 3 is 3.08 bits per heavy atom. The number of hydrogen-bond acceptors (Lipinski definition) is 6. The Morgan fingerprint density at radius 1 is 1.50 bits per heavy atom. The Hall–Kier alpha value is -2.41. The normalized spacial score (nSPS) is 25.4. The van der Waals surface area contributed by atoms with E-state index in [0.29, 0.717) is 24.8 Å². The van der Waals surface area contributed by atoms with E-state index in [1.807, 2.05) is 25.1 Å². The van der Waals surface area contributed by atoms with Crippen LogP contribution in [0.5, 0.6) is 5.75 Å². The molecule has 2 aromatic rings.